The molecule has 0 radical (unpaired) electrons. The lowest BCUT2D eigenvalue weighted by Gasteiger charge is -2.37. The second kappa shape index (κ2) is 3.81. The van der Waals surface area contributed by atoms with Gasteiger partial charge in [0, 0.05) is 31.8 Å². The summed E-state index contributed by atoms with van der Waals surface area (Å²) in [6.45, 7) is 2.87. The highest BCUT2D eigenvalue weighted by Gasteiger charge is 2.47. The van der Waals surface area contributed by atoms with Gasteiger partial charge in [-0.2, -0.15) is 0 Å². The van der Waals surface area contributed by atoms with Crippen molar-refractivity contribution in [3.63, 3.8) is 0 Å². The quantitative estimate of drug-likeness (QED) is 0.670. The number of rotatable bonds is 1. The Bertz CT molecular complexity index is 267. The van der Waals surface area contributed by atoms with Crippen molar-refractivity contribution >= 4 is 5.78 Å². The van der Waals surface area contributed by atoms with E-state index in [-0.39, 0.29) is 18.1 Å². The van der Waals surface area contributed by atoms with Crippen LogP contribution in [-0.2, 0) is 4.79 Å². The molecule has 0 aromatic carbocycles. The number of nitrogens with zero attached hydrogens (tertiary/aromatic N) is 1. The Morgan fingerprint density at radius 1 is 1.47 bits per heavy atom. The van der Waals surface area contributed by atoms with Gasteiger partial charge >= 0.3 is 0 Å². The van der Waals surface area contributed by atoms with Crippen molar-refractivity contribution in [1.29, 1.82) is 0 Å². The molecule has 0 aromatic rings. The van der Waals surface area contributed by atoms with Gasteiger partial charge in [-0.15, -0.1) is 0 Å². The van der Waals surface area contributed by atoms with Crippen LogP contribution in [0.1, 0.15) is 32.6 Å². The van der Waals surface area contributed by atoms with Crippen molar-refractivity contribution in [2.75, 3.05) is 13.1 Å². The van der Waals surface area contributed by atoms with E-state index in [2.05, 4.69) is 0 Å². The second-order valence-electron chi connectivity index (χ2n) is 4.78. The van der Waals surface area contributed by atoms with E-state index in [0.717, 1.165) is 0 Å². The molecule has 2 unspecified atom stereocenters. The number of carbonyl (C=O) groups excluding carboxylic acids is 1. The molecule has 2 fully saturated rings. The lowest BCUT2D eigenvalue weighted by molar-refractivity contribution is -0.129. The highest BCUT2D eigenvalue weighted by Crippen LogP contribution is 2.39. The summed E-state index contributed by atoms with van der Waals surface area (Å²) in [6, 6.07) is -0.618. The molecule has 0 bridgehead atoms. The number of ketones is 1. The summed E-state index contributed by atoms with van der Waals surface area (Å²) >= 11 is 0. The highest BCUT2D eigenvalue weighted by molar-refractivity contribution is 5.81. The van der Waals surface area contributed by atoms with Gasteiger partial charge < -0.3 is 0 Å². The lowest BCUT2D eigenvalue weighted by atomic mass is 9.96. The van der Waals surface area contributed by atoms with Gasteiger partial charge in [0.2, 0.25) is 0 Å². The molecule has 1 heterocycles. The summed E-state index contributed by atoms with van der Waals surface area (Å²) < 4.78 is 27.0. The van der Waals surface area contributed by atoms with Crippen molar-refractivity contribution in [3.05, 3.63) is 0 Å². The molecule has 0 amide bonds. The van der Waals surface area contributed by atoms with Crippen LogP contribution in [0.2, 0.25) is 0 Å². The van der Waals surface area contributed by atoms with Crippen molar-refractivity contribution in [2.24, 2.45) is 5.92 Å². The summed E-state index contributed by atoms with van der Waals surface area (Å²) in [4.78, 5) is 13.1. The maximum Gasteiger partial charge on any atom is 0.263 e. The molecule has 0 N–H and O–H groups in total. The van der Waals surface area contributed by atoms with Crippen LogP contribution in [0.5, 0.6) is 0 Å². The molecule has 15 heavy (non-hydrogen) atoms. The molecular formula is C11H17F2NO. The number of hydrogen-bond donors (Lipinski definition) is 0. The Morgan fingerprint density at radius 2 is 2.20 bits per heavy atom. The average molecular weight is 217 g/mol. The molecule has 1 saturated carbocycles. The molecule has 1 saturated heterocycles. The molecule has 0 aromatic heterocycles. The van der Waals surface area contributed by atoms with E-state index in [0.29, 0.717) is 32.4 Å². The van der Waals surface area contributed by atoms with Crippen LogP contribution in [0.4, 0.5) is 8.78 Å². The number of halogens is 2. The number of alkyl halides is 2. The summed E-state index contributed by atoms with van der Waals surface area (Å²) in [6.07, 6.45) is 1.63. The molecule has 4 heteroatoms. The third kappa shape index (κ3) is 2.05. The maximum atomic E-state index is 13.5. The first-order chi connectivity index (χ1) is 7.00. The summed E-state index contributed by atoms with van der Waals surface area (Å²) in [5, 5.41) is 0. The monoisotopic (exact) mass is 217 g/mol. The van der Waals surface area contributed by atoms with Gasteiger partial charge in [0.1, 0.15) is 5.78 Å². The molecule has 2 nitrogen and oxygen atoms in total. The first-order valence-corrected chi connectivity index (χ1v) is 5.65. The molecule has 2 atom stereocenters. The minimum Gasteiger partial charge on any atom is -0.299 e. The second-order valence-corrected chi connectivity index (χ2v) is 4.78. The summed E-state index contributed by atoms with van der Waals surface area (Å²) in [5.74, 6) is -2.40. The van der Waals surface area contributed by atoms with Crippen LogP contribution in [0.3, 0.4) is 0 Å². The lowest BCUT2D eigenvalue weighted by Crippen LogP contribution is -2.50. The third-order valence-corrected chi connectivity index (χ3v) is 3.62. The number of piperidine rings is 1. The van der Waals surface area contributed by atoms with Crippen molar-refractivity contribution in [1.82, 2.24) is 4.90 Å². The predicted molar refractivity (Wildman–Crippen MR) is 52.9 cm³/mol. The summed E-state index contributed by atoms with van der Waals surface area (Å²) in [5.41, 5.74) is 0. The Balaban J connectivity index is 2.02. The van der Waals surface area contributed by atoms with Crippen LogP contribution in [0, 0.1) is 5.92 Å². The van der Waals surface area contributed by atoms with E-state index >= 15 is 0 Å². The number of likely N-dealkylation sites (tertiary alicyclic amines) is 1. The fourth-order valence-corrected chi connectivity index (χ4v) is 2.69. The molecule has 2 aliphatic rings. The number of Topliss-reactive ketones (excluding diaryl/α,β-unsaturated/α-hetero) is 1. The van der Waals surface area contributed by atoms with Crippen molar-refractivity contribution in [3.8, 4) is 0 Å². The van der Waals surface area contributed by atoms with Gasteiger partial charge in [-0.3, -0.25) is 9.69 Å². The molecule has 86 valence electrons. The van der Waals surface area contributed by atoms with Crippen molar-refractivity contribution < 1.29 is 13.6 Å². The fourth-order valence-electron chi connectivity index (χ4n) is 2.69. The van der Waals surface area contributed by atoms with Crippen molar-refractivity contribution in [2.45, 2.75) is 44.6 Å². The predicted octanol–water partition coefficient (Wildman–Crippen LogP) is 2.09. The SMILES string of the molecule is CC1CN(C2CCCC2(F)F)CCC1=O. The van der Waals surface area contributed by atoms with E-state index in [1.165, 1.54) is 0 Å². The van der Waals surface area contributed by atoms with Gasteiger partial charge in [-0.25, -0.2) is 8.78 Å². The van der Waals surface area contributed by atoms with E-state index in [1.807, 2.05) is 11.8 Å². The normalized spacial score (nSPS) is 37.1. The Morgan fingerprint density at radius 3 is 2.73 bits per heavy atom. The van der Waals surface area contributed by atoms with Crippen LogP contribution < -0.4 is 0 Å². The third-order valence-electron chi connectivity index (χ3n) is 3.62. The number of hydrogen-bond acceptors (Lipinski definition) is 2. The topological polar surface area (TPSA) is 20.3 Å². The first-order valence-electron chi connectivity index (χ1n) is 5.65. The van der Waals surface area contributed by atoms with Gasteiger partial charge in [0.25, 0.3) is 5.92 Å². The van der Waals surface area contributed by atoms with E-state index in [4.69, 9.17) is 0 Å². The summed E-state index contributed by atoms with van der Waals surface area (Å²) in [7, 11) is 0. The first kappa shape index (κ1) is 11.0. The van der Waals surface area contributed by atoms with Crippen LogP contribution in [0.25, 0.3) is 0 Å². The zero-order valence-corrected chi connectivity index (χ0v) is 9.01. The van der Waals surface area contributed by atoms with E-state index in [1.54, 1.807) is 0 Å². The maximum absolute atomic E-state index is 13.5. The minimum atomic E-state index is -2.54. The number of carbonyl (C=O) groups is 1. The Hall–Kier alpha value is -0.510. The van der Waals surface area contributed by atoms with Crippen LogP contribution in [-0.4, -0.2) is 35.7 Å². The van der Waals surface area contributed by atoms with Gasteiger partial charge in [-0.1, -0.05) is 6.92 Å². The van der Waals surface area contributed by atoms with Crippen LogP contribution >= 0.6 is 0 Å². The molecular weight excluding hydrogens is 200 g/mol. The van der Waals surface area contributed by atoms with Gasteiger partial charge in [0.05, 0.1) is 6.04 Å². The molecule has 1 aliphatic heterocycles. The van der Waals surface area contributed by atoms with E-state index < -0.39 is 12.0 Å². The van der Waals surface area contributed by atoms with Gasteiger partial charge in [0.15, 0.2) is 0 Å². The zero-order valence-electron chi connectivity index (χ0n) is 9.01. The highest BCUT2D eigenvalue weighted by atomic mass is 19.3. The minimum absolute atomic E-state index is 0.0104. The zero-order chi connectivity index (χ0) is 11.1. The van der Waals surface area contributed by atoms with Gasteiger partial charge in [-0.05, 0) is 12.8 Å². The largest absolute Gasteiger partial charge is 0.299 e. The fraction of sp³-hybridized carbons (Fsp3) is 0.909. The molecule has 1 aliphatic carbocycles. The Labute approximate surface area is 88.6 Å². The molecule has 2 rings (SSSR count). The van der Waals surface area contributed by atoms with E-state index in [9.17, 15) is 13.6 Å². The standard InChI is InChI=1S/C11H17F2NO/c1-8-7-14(6-4-9(8)15)10-3-2-5-11(10,12)13/h8,10H,2-7H2,1H3. The molecule has 0 spiro atoms. The average Bonchev–Trinajstić information content (AvgIpc) is 2.50. The smallest absolute Gasteiger partial charge is 0.263 e. The van der Waals surface area contributed by atoms with Crippen LogP contribution in [0.15, 0.2) is 0 Å². The Kier molecular flexibility index (Phi) is 2.79.